The van der Waals surface area contributed by atoms with Crippen molar-refractivity contribution in [3.05, 3.63) is 34.9 Å². The van der Waals surface area contributed by atoms with E-state index >= 15 is 0 Å². The summed E-state index contributed by atoms with van der Waals surface area (Å²) in [6, 6.07) is 7.25. The predicted molar refractivity (Wildman–Crippen MR) is 71.0 cm³/mol. The molecule has 0 amide bonds. The summed E-state index contributed by atoms with van der Waals surface area (Å²) >= 11 is 0. The molecule has 0 N–H and O–H groups in total. The van der Waals surface area contributed by atoms with Gasteiger partial charge in [0.05, 0.1) is 0 Å². The summed E-state index contributed by atoms with van der Waals surface area (Å²) in [5, 5.41) is 0. The molecule has 16 heavy (non-hydrogen) atoms. The molecule has 0 heteroatoms. The van der Waals surface area contributed by atoms with Gasteiger partial charge in [-0.3, -0.25) is 0 Å². The Kier molecular flexibility index (Phi) is 3.68. The maximum absolute atomic E-state index is 2.49. The van der Waals surface area contributed by atoms with E-state index in [0.717, 1.165) is 11.8 Å². The molecule has 0 aromatic heterocycles. The van der Waals surface area contributed by atoms with Gasteiger partial charge in [0.1, 0.15) is 0 Å². The molecule has 1 aromatic carbocycles. The van der Waals surface area contributed by atoms with Crippen molar-refractivity contribution >= 4 is 0 Å². The summed E-state index contributed by atoms with van der Waals surface area (Å²) in [6.07, 6.45) is 6.59. The standard InChI is InChI=1S/C16H24/c1-4-6-16(12(2)3)15-10-9-13-7-5-8-14(13)11-15/h9-12,16H,4-8H2,1-3H3. The highest BCUT2D eigenvalue weighted by Gasteiger charge is 2.17. The van der Waals surface area contributed by atoms with E-state index in [4.69, 9.17) is 0 Å². The first-order valence-electron chi connectivity index (χ1n) is 6.84. The number of rotatable bonds is 4. The topological polar surface area (TPSA) is 0 Å². The minimum absolute atomic E-state index is 0.760. The second-order valence-electron chi connectivity index (χ2n) is 5.52. The molecule has 0 saturated carbocycles. The first-order valence-corrected chi connectivity index (χ1v) is 6.84. The molecule has 1 unspecified atom stereocenters. The molecule has 1 aliphatic carbocycles. The summed E-state index contributed by atoms with van der Waals surface area (Å²) in [4.78, 5) is 0. The quantitative estimate of drug-likeness (QED) is 0.683. The smallest absolute Gasteiger partial charge is 0.0139 e. The normalized spacial score (nSPS) is 16.5. The van der Waals surface area contributed by atoms with Gasteiger partial charge in [-0.05, 0) is 54.2 Å². The van der Waals surface area contributed by atoms with Crippen molar-refractivity contribution in [3.63, 3.8) is 0 Å². The number of fused-ring (bicyclic) bond motifs is 1. The first-order chi connectivity index (χ1) is 7.72. The lowest BCUT2D eigenvalue weighted by Gasteiger charge is -2.21. The van der Waals surface area contributed by atoms with E-state index in [0.29, 0.717) is 0 Å². The van der Waals surface area contributed by atoms with Gasteiger partial charge >= 0.3 is 0 Å². The molecule has 0 radical (unpaired) electrons. The third-order valence-corrected chi connectivity index (χ3v) is 3.96. The molecule has 2 rings (SSSR count). The van der Waals surface area contributed by atoms with Crippen LogP contribution in [0.1, 0.15) is 62.6 Å². The van der Waals surface area contributed by atoms with Gasteiger partial charge in [-0.2, -0.15) is 0 Å². The molecule has 1 atom stereocenters. The Morgan fingerprint density at radius 1 is 1.12 bits per heavy atom. The van der Waals surface area contributed by atoms with Gasteiger partial charge in [0.25, 0.3) is 0 Å². The Bertz CT molecular complexity index is 349. The summed E-state index contributed by atoms with van der Waals surface area (Å²) in [7, 11) is 0. The average Bonchev–Trinajstić information content (AvgIpc) is 2.72. The molecule has 0 bridgehead atoms. The fourth-order valence-corrected chi connectivity index (χ4v) is 3.02. The molecule has 0 aliphatic heterocycles. The zero-order chi connectivity index (χ0) is 11.5. The zero-order valence-electron chi connectivity index (χ0n) is 10.9. The molecule has 0 spiro atoms. The van der Waals surface area contributed by atoms with Gasteiger partial charge in [-0.25, -0.2) is 0 Å². The maximum atomic E-state index is 2.49. The zero-order valence-corrected chi connectivity index (χ0v) is 10.9. The average molecular weight is 216 g/mol. The Hall–Kier alpha value is -0.780. The lowest BCUT2D eigenvalue weighted by molar-refractivity contribution is 0.463. The lowest BCUT2D eigenvalue weighted by Crippen LogP contribution is -2.07. The molecule has 1 aliphatic rings. The number of hydrogen-bond acceptors (Lipinski definition) is 0. The van der Waals surface area contributed by atoms with Crippen molar-refractivity contribution in [1.29, 1.82) is 0 Å². The largest absolute Gasteiger partial charge is 0.0654 e. The summed E-state index contributed by atoms with van der Waals surface area (Å²) in [5.41, 5.74) is 4.81. The molecule has 0 heterocycles. The molecule has 1 aromatic rings. The summed E-state index contributed by atoms with van der Waals surface area (Å²) in [6.45, 7) is 7.00. The molecule has 0 fully saturated rings. The van der Waals surface area contributed by atoms with Crippen LogP contribution in [0, 0.1) is 5.92 Å². The van der Waals surface area contributed by atoms with E-state index < -0.39 is 0 Å². The third-order valence-electron chi connectivity index (χ3n) is 3.96. The van der Waals surface area contributed by atoms with E-state index in [-0.39, 0.29) is 0 Å². The fraction of sp³-hybridized carbons (Fsp3) is 0.625. The highest BCUT2D eigenvalue weighted by atomic mass is 14.2. The number of hydrogen-bond donors (Lipinski definition) is 0. The second-order valence-corrected chi connectivity index (χ2v) is 5.52. The van der Waals surface area contributed by atoms with Crippen LogP contribution < -0.4 is 0 Å². The van der Waals surface area contributed by atoms with Crippen LogP contribution in [0.5, 0.6) is 0 Å². The van der Waals surface area contributed by atoms with Crippen LogP contribution in [-0.4, -0.2) is 0 Å². The van der Waals surface area contributed by atoms with Crippen molar-refractivity contribution in [3.8, 4) is 0 Å². The van der Waals surface area contributed by atoms with Gasteiger partial charge in [-0.1, -0.05) is 45.4 Å². The predicted octanol–water partition coefficient (Wildman–Crippen LogP) is 4.72. The van der Waals surface area contributed by atoms with Crippen molar-refractivity contribution in [2.45, 2.75) is 58.8 Å². The van der Waals surface area contributed by atoms with Crippen LogP contribution in [0.25, 0.3) is 0 Å². The third kappa shape index (κ3) is 2.31. The number of benzene rings is 1. The van der Waals surface area contributed by atoms with Crippen molar-refractivity contribution in [1.82, 2.24) is 0 Å². The van der Waals surface area contributed by atoms with E-state index in [1.807, 2.05) is 0 Å². The van der Waals surface area contributed by atoms with Crippen LogP contribution in [-0.2, 0) is 12.8 Å². The van der Waals surface area contributed by atoms with Crippen LogP contribution in [0.2, 0.25) is 0 Å². The lowest BCUT2D eigenvalue weighted by atomic mass is 9.84. The van der Waals surface area contributed by atoms with E-state index in [9.17, 15) is 0 Å². The highest BCUT2D eigenvalue weighted by molar-refractivity contribution is 5.36. The Labute approximate surface area is 100 Å². The van der Waals surface area contributed by atoms with Gasteiger partial charge in [0.15, 0.2) is 0 Å². The Balaban J connectivity index is 2.24. The van der Waals surface area contributed by atoms with Crippen molar-refractivity contribution < 1.29 is 0 Å². The van der Waals surface area contributed by atoms with Crippen LogP contribution in [0.3, 0.4) is 0 Å². The minimum Gasteiger partial charge on any atom is -0.0654 e. The highest BCUT2D eigenvalue weighted by Crippen LogP contribution is 2.32. The van der Waals surface area contributed by atoms with E-state index in [1.165, 1.54) is 32.1 Å². The maximum Gasteiger partial charge on any atom is -0.0139 e. The Morgan fingerprint density at radius 3 is 2.56 bits per heavy atom. The van der Waals surface area contributed by atoms with Gasteiger partial charge in [0, 0.05) is 0 Å². The van der Waals surface area contributed by atoms with Crippen LogP contribution >= 0.6 is 0 Å². The van der Waals surface area contributed by atoms with Crippen molar-refractivity contribution in [2.75, 3.05) is 0 Å². The molecule has 88 valence electrons. The molecular formula is C16H24. The molecule has 0 saturated heterocycles. The van der Waals surface area contributed by atoms with Gasteiger partial charge in [-0.15, -0.1) is 0 Å². The van der Waals surface area contributed by atoms with E-state index in [1.54, 1.807) is 16.7 Å². The number of aryl methyl sites for hydroxylation is 2. The summed E-state index contributed by atoms with van der Waals surface area (Å²) in [5.74, 6) is 1.52. The molecule has 0 nitrogen and oxygen atoms in total. The van der Waals surface area contributed by atoms with Crippen molar-refractivity contribution in [2.24, 2.45) is 5.92 Å². The van der Waals surface area contributed by atoms with Gasteiger partial charge < -0.3 is 0 Å². The fourth-order valence-electron chi connectivity index (χ4n) is 3.02. The second kappa shape index (κ2) is 5.03. The Morgan fingerprint density at radius 2 is 1.88 bits per heavy atom. The first kappa shape index (κ1) is 11.7. The van der Waals surface area contributed by atoms with Crippen LogP contribution in [0.4, 0.5) is 0 Å². The van der Waals surface area contributed by atoms with Gasteiger partial charge in [0.2, 0.25) is 0 Å². The van der Waals surface area contributed by atoms with Crippen LogP contribution in [0.15, 0.2) is 18.2 Å². The SMILES string of the molecule is CCCC(c1ccc2c(c1)CCC2)C(C)C. The minimum atomic E-state index is 0.760. The van der Waals surface area contributed by atoms with E-state index in [2.05, 4.69) is 39.0 Å². The molecular weight excluding hydrogens is 192 g/mol. The monoisotopic (exact) mass is 216 g/mol. The summed E-state index contributed by atoms with van der Waals surface area (Å²) < 4.78 is 0.